The van der Waals surface area contributed by atoms with Crippen LogP contribution in [0.3, 0.4) is 0 Å². The molecule has 0 rings (SSSR count). The fourth-order valence-electron chi connectivity index (χ4n) is 3.19. The summed E-state index contributed by atoms with van der Waals surface area (Å²) in [5.41, 5.74) is 0. The van der Waals surface area contributed by atoms with Gasteiger partial charge < -0.3 is 5.11 Å². The first-order chi connectivity index (χ1) is 10.3. The van der Waals surface area contributed by atoms with Crippen molar-refractivity contribution in [1.29, 1.82) is 0 Å². The van der Waals surface area contributed by atoms with Crippen LogP contribution in [0.2, 0.25) is 0 Å². The summed E-state index contributed by atoms with van der Waals surface area (Å²) in [5, 5.41) is 8.83. The van der Waals surface area contributed by atoms with Crippen LogP contribution in [0, 0.1) is 5.92 Å². The van der Waals surface area contributed by atoms with Gasteiger partial charge in [-0.05, 0) is 12.3 Å². The third-order valence-electron chi connectivity index (χ3n) is 4.81. The van der Waals surface area contributed by atoms with Crippen molar-refractivity contribution in [2.75, 3.05) is 6.61 Å². The fourth-order valence-corrected chi connectivity index (χ4v) is 3.19. The molecule has 0 aromatic carbocycles. The Balaban J connectivity index is 3.19. The molecule has 0 fully saturated rings. The number of rotatable bonds is 17. The van der Waals surface area contributed by atoms with Crippen LogP contribution in [0.15, 0.2) is 0 Å². The minimum Gasteiger partial charge on any atom is -0.396 e. The zero-order chi connectivity index (χ0) is 15.6. The number of aliphatic hydroxyl groups is 1. The van der Waals surface area contributed by atoms with Gasteiger partial charge in [-0.3, -0.25) is 0 Å². The van der Waals surface area contributed by atoms with E-state index in [1.165, 1.54) is 96.3 Å². The molecule has 0 aromatic rings. The number of unbranched alkanes of at least 4 members (excludes halogenated alkanes) is 11. The van der Waals surface area contributed by atoms with E-state index >= 15 is 0 Å². The maximum Gasteiger partial charge on any atom is 0.0431 e. The molecular weight excluding hydrogens is 256 g/mol. The van der Waals surface area contributed by atoms with Crippen molar-refractivity contribution in [3.05, 3.63) is 0 Å². The normalized spacial score (nSPS) is 12.7. The van der Waals surface area contributed by atoms with Crippen molar-refractivity contribution in [1.82, 2.24) is 0 Å². The predicted molar refractivity (Wildman–Crippen MR) is 95.8 cm³/mol. The third kappa shape index (κ3) is 16.2. The Morgan fingerprint density at radius 2 is 1.00 bits per heavy atom. The monoisotopic (exact) mass is 298 g/mol. The minimum absolute atomic E-state index is 0.370. The Morgan fingerprint density at radius 1 is 0.571 bits per heavy atom. The van der Waals surface area contributed by atoms with Crippen LogP contribution in [0.5, 0.6) is 0 Å². The van der Waals surface area contributed by atoms with E-state index in [2.05, 4.69) is 13.8 Å². The number of aliphatic hydroxyl groups excluding tert-OH is 1. The Bertz CT molecular complexity index is 179. The molecule has 0 aliphatic carbocycles. The Morgan fingerprint density at radius 3 is 1.43 bits per heavy atom. The molecule has 0 radical (unpaired) electrons. The largest absolute Gasteiger partial charge is 0.396 e. The van der Waals surface area contributed by atoms with Gasteiger partial charge >= 0.3 is 0 Å². The van der Waals surface area contributed by atoms with E-state index in [0.29, 0.717) is 6.61 Å². The summed E-state index contributed by atoms with van der Waals surface area (Å²) in [6.07, 6.45) is 22.1. The second-order valence-corrected chi connectivity index (χ2v) is 6.82. The summed E-state index contributed by atoms with van der Waals surface area (Å²) in [5.74, 6) is 0.912. The molecule has 0 aliphatic rings. The van der Waals surface area contributed by atoms with Gasteiger partial charge in [0.2, 0.25) is 0 Å². The molecule has 0 amide bonds. The van der Waals surface area contributed by atoms with E-state index in [1.54, 1.807) is 0 Å². The van der Waals surface area contributed by atoms with Gasteiger partial charge in [0.1, 0.15) is 0 Å². The van der Waals surface area contributed by atoms with Gasteiger partial charge in [0.05, 0.1) is 0 Å². The van der Waals surface area contributed by atoms with Crippen molar-refractivity contribution in [3.8, 4) is 0 Å². The first-order valence-electron chi connectivity index (χ1n) is 9.96. The molecule has 0 aromatic heterocycles. The zero-order valence-corrected chi connectivity index (χ0v) is 15.0. The molecule has 1 nitrogen and oxygen atoms in total. The molecule has 0 saturated carbocycles. The molecule has 128 valence electrons. The van der Waals surface area contributed by atoms with Crippen LogP contribution in [0.4, 0.5) is 0 Å². The van der Waals surface area contributed by atoms with E-state index in [-0.39, 0.29) is 0 Å². The van der Waals surface area contributed by atoms with E-state index < -0.39 is 0 Å². The van der Waals surface area contributed by atoms with Crippen LogP contribution in [0.25, 0.3) is 0 Å². The average molecular weight is 299 g/mol. The Hall–Kier alpha value is -0.0400. The zero-order valence-electron chi connectivity index (χ0n) is 15.0. The summed E-state index contributed by atoms with van der Waals surface area (Å²) in [6, 6.07) is 0. The summed E-state index contributed by atoms with van der Waals surface area (Å²) >= 11 is 0. The van der Waals surface area contributed by atoms with Gasteiger partial charge in [0.25, 0.3) is 0 Å². The van der Waals surface area contributed by atoms with Gasteiger partial charge in [0, 0.05) is 6.61 Å². The van der Waals surface area contributed by atoms with Gasteiger partial charge in [-0.25, -0.2) is 0 Å². The van der Waals surface area contributed by atoms with Crippen LogP contribution >= 0.6 is 0 Å². The molecule has 0 saturated heterocycles. The van der Waals surface area contributed by atoms with E-state index in [1.807, 2.05) is 0 Å². The molecule has 1 N–H and O–H groups in total. The minimum atomic E-state index is 0.370. The lowest BCUT2D eigenvalue weighted by Gasteiger charge is -2.14. The summed E-state index contributed by atoms with van der Waals surface area (Å²) in [6.45, 7) is 4.98. The summed E-state index contributed by atoms with van der Waals surface area (Å²) < 4.78 is 0. The highest BCUT2D eigenvalue weighted by Crippen LogP contribution is 2.20. The van der Waals surface area contributed by atoms with Gasteiger partial charge in [-0.15, -0.1) is 0 Å². The van der Waals surface area contributed by atoms with Crippen molar-refractivity contribution < 1.29 is 5.11 Å². The van der Waals surface area contributed by atoms with E-state index in [0.717, 1.165) is 12.3 Å². The Labute approximate surface area is 134 Å². The molecule has 0 bridgehead atoms. The maximum absolute atomic E-state index is 8.83. The van der Waals surface area contributed by atoms with Crippen LogP contribution < -0.4 is 0 Å². The highest BCUT2D eigenvalue weighted by molar-refractivity contribution is 4.58. The highest BCUT2D eigenvalue weighted by atomic mass is 16.2. The average Bonchev–Trinajstić information content (AvgIpc) is 2.51. The van der Waals surface area contributed by atoms with Crippen molar-refractivity contribution in [2.45, 2.75) is 117 Å². The van der Waals surface area contributed by atoms with Crippen LogP contribution in [0.1, 0.15) is 117 Å². The standard InChI is InChI=1S/C20H42O/c1-3-5-6-7-8-9-10-11-12-13-14-17-20(4-2)18-15-16-19-21/h20-21H,3-19H2,1-2H3. The molecule has 1 unspecified atom stereocenters. The fraction of sp³-hybridized carbons (Fsp3) is 1.00. The van der Waals surface area contributed by atoms with Gasteiger partial charge in [0.15, 0.2) is 0 Å². The van der Waals surface area contributed by atoms with Crippen LogP contribution in [-0.2, 0) is 0 Å². The predicted octanol–water partition coefficient (Wildman–Crippen LogP) is 6.88. The Kier molecular flexibility index (Phi) is 18.0. The third-order valence-corrected chi connectivity index (χ3v) is 4.81. The maximum atomic E-state index is 8.83. The number of hydrogen-bond donors (Lipinski definition) is 1. The molecule has 0 aliphatic heterocycles. The molecule has 21 heavy (non-hydrogen) atoms. The van der Waals surface area contributed by atoms with E-state index in [4.69, 9.17) is 5.11 Å². The lowest BCUT2D eigenvalue weighted by molar-refractivity contribution is 0.274. The van der Waals surface area contributed by atoms with E-state index in [9.17, 15) is 0 Å². The first-order valence-corrected chi connectivity index (χ1v) is 9.96. The van der Waals surface area contributed by atoms with Gasteiger partial charge in [-0.2, -0.15) is 0 Å². The molecule has 1 heteroatoms. The lowest BCUT2D eigenvalue weighted by Crippen LogP contribution is -1.99. The van der Waals surface area contributed by atoms with Crippen LogP contribution in [-0.4, -0.2) is 11.7 Å². The lowest BCUT2D eigenvalue weighted by atomic mass is 9.93. The smallest absolute Gasteiger partial charge is 0.0431 e. The second kappa shape index (κ2) is 18.0. The highest BCUT2D eigenvalue weighted by Gasteiger charge is 2.05. The summed E-state index contributed by atoms with van der Waals surface area (Å²) in [4.78, 5) is 0. The molecule has 1 atom stereocenters. The van der Waals surface area contributed by atoms with Crippen molar-refractivity contribution in [3.63, 3.8) is 0 Å². The molecule has 0 heterocycles. The molecular formula is C20H42O. The second-order valence-electron chi connectivity index (χ2n) is 6.82. The topological polar surface area (TPSA) is 20.2 Å². The van der Waals surface area contributed by atoms with Gasteiger partial charge in [-0.1, -0.05) is 110 Å². The first kappa shape index (κ1) is 21.0. The SMILES string of the molecule is CCCCCCCCCCCCCC(CC)CCCCO. The number of hydrogen-bond acceptors (Lipinski definition) is 1. The molecule has 0 spiro atoms. The quantitative estimate of drug-likeness (QED) is 0.290. The van der Waals surface area contributed by atoms with Crippen molar-refractivity contribution >= 4 is 0 Å². The summed E-state index contributed by atoms with van der Waals surface area (Å²) in [7, 11) is 0. The van der Waals surface area contributed by atoms with Crippen molar-refractivity contribution in [2.24, 2.45) is 5.92 Å².